The number of aryl methyl sites for hydroxylation is 1. The summed E-state index contributed by atoms with van der Waals surface area (Å²) in [5.41, 5.74) is 0.991. The molecular formula is C21H42N2O2. The van der Waals surface area contributed by atoms with E-state index in [9.17, 15) is 4.79 Å². The Kier molecular flexibility index (Phi) is 23.1. The number of pyridine rings is 1. The van der Waals surface area contributed by atoms with E-state index < -0.39 is 5.60 Å². The average Bonchev–Trinajstić information content (AvgIpc) is 2.56. The SMILES string of the molecule is CC.CCC.CCCNC(=O)OC(C)(C)C.CCCc1ccncc1. The number of nitrogens with one attached hydrogen (secondary N) is 1. The molecule has 0 atom stereocenters. The first kappa shape index (κ1) is 28.2. The van der Waals surface area contributed by atoms with Crippen molar-refractivity contribution in [2.24, 2.45) is 0 Å². The molecule has 0 unspecified atom stereocenters. The Morgan fingerprint density at radius 3 is 1.88 bits per heavy atom. The zero-order chi connectivity index (χ0) is 20.1. The Morgan fingerprint density at radius 2 is 1.52 bits per heavy atom. The van der Waals surface area contributed by atoms with Gasteiger partial charge in [0, 0.05) is 18.9 Å². The first-order valence-electron chi connectivity index (χ1n) is 9.66. The zero-order valence-corrected chi connectivity index (χ0v) is 18.1. The molecule has 0 aliphatic carbocycles. The molecule has 1 aromatic heterocycles. The highest BCUT2D eigenvalue weighted by Gasteiger charge is 2.14. The molecule has 0 spiro atoms. The van der Waals surface area contributed by atoms with Crippen LogP contribution in [0, 0.1) is 0 Å². The minimum atomic E-state index is -0.391. The number of hydrogen-bond acceptors (Lipinski definition) is 3. The van der Waals surface area contributed by atoms with Crippen molar-refractivity contribution in [3.8, 4) is 0 Å². The van der Waals surface area contributed by atoms with Crippen LogP contribution in [0.15, 0.2) is 24.5 Å². The predicted octanol–water partition coefficient (Wildman–Crippen LogP) is 6.40. The Hall–Kier alpha value is -1.58. The summed E-state index contributed by atoms with van der Waals surface area (Å²) in [5.74, 6) is 0. The standard InChI is InChI=1S/C8H17NO2.C8H11N.C3H8.C2H6/c1-5-6-9-7(10)11-8(2,3)4;1-2-3-8-4-6-9-7-5-8;1-3-2;1-2/h5-6H2,1-4H3,(H,9,10);4-7H,2-3H2,1H3;3H2,1-2H3;1-2H3. The molecule has 0 aliphatic rings. The van der Waals surface area contributed by atoms with Crippen LogP contribution in [0.2, 0.25) is 0 Å². The fourth-order valence-electron chi connectivity index (χ4n) is 1.38. The molecule has 0 radical (unpaired) electrons. The third-order valence-corrected chi connectivity index (χ3v) is 2.21. The third kappa shape index (κ3) is 27.6. The molecule has 25 heavy (non-hydrogen) atoms. The number of carbonyl (C=O) groups is 1. The van der Waals surface area contributed by atoms with Crippen molar-refractivity contribution in [3.05, 3.63) is 30.1 Å². The largest absolute Gasteiger partial charge is 0.444 e. The lowest BCUT2D eigenvalue weighted by atomic mass is 10.2. The molecular weight excluding hydrogens is 312 g/mol. The maximum absolute atomic E-state index is 10.9. The van der Waals surface area contributed by atoms with Gasteiger partial charge in [0.1, 0.15) is 5.60 Å². The highest BCUT2D eigenvalue weighted by atomic mass is 16.6. The minimum absolute atomic E-state index is 0.334. The lowest BCUT2D eigenvalue weighted by Gasteiger charge is -2.19. The van der Waals surface area contributed by atoms with Gasteiger partial charge in [-0.2, -0.15) is 0 Å². The topological polar surface area (TPSA) is 51.2 Å². The first-order valence-corrected chi connectivity index (χ1v) is 9.66. The summed E-state index contributed by atoms with van der Waals surface area (Å²) in [6.45, 7) is 18.6. The highest BCUT2D eigenvalue weighted by Crippen LogP contribution is 2.06. The van der Waals surface area contributed by atoms with E-state index in [0.717, 1.165) is 6.42 Å². The molecule has 1 aromatic rings. The normalized spacial score (nSPS) is 9.16. The van der Waals surface area contributed by atoms with Gasteiger partial charge in [0.15, 0.2) is 0 Å². The second kappa shape index (κ2) is 20.5. The summed E-state index contributed by atoms with van der Waals surface area (Å²) in [5, 5.41) is 2.63. The predicted molar refractivity (Wildman–Crippen MR) is 110 cm³/mol. The highest BCUT2D eigenvalue weighted by molar-refractivity contribution is 5.67. The average molecular weight is 355 g/mol. The Morgan fingerprint density at radius 1 is 1.04 bits per heavy atom. The molecule has 0 aromatic carbocycles. The summed E-state index contributed by atoms with van der Waals surface area (Å²) in [6.07, 6.45) is 7.90. The summed E-state index contributed by atoms with van der Waals surface area (Å²) in [4.78, 5) is 14.8. The summed E-state index contributed by atoms with van der Waals surface area (Å²) in [7, 11) is 0. The maximum atomic E-state index is 10.9. The number of nitrogens with zero attached hydrogens (tertiary/aromatic N) is 1. The summed E-state index contributed by atoms with van der Waals surface area (Å²) in [6, 6.07) is 4.12. The van der Waals surface area contributed by atoms with E-state index in [4.69, 9.17) is 4.74 Å². The van der Waals surface area contributed by atoms with E-state index in [1.807, 2.05) is 53.9 Å². The molecule has 1 heterocycles. The monoisotopic (exact) mass is 354 g/mol. The van der Waals surface area contributed by atoms with Gasteiger partial charge >= 0.3 is 6.09 Å². The molecule has 0 bridgehead atoms. The summed E-state index contributed by atoms with van der Waals surface area (Å²) < 4.78 is 4.99. The zero-order valence-electron chi connectivity index (χ0n) is 18.1. The third-order valence-electron chi connectivity index (χ3n) is 2.21. The van der Waals surface area contributed by atoms with E-state index >= 15 is 0 Å². The van der Waals surface area contributed by atoms with Crippen LogP contribution < -0.4 is 5.32 Å². The van der Waals surface area contributed by atoms with Crippen LogP contribution >= 0.6 is 0 Å². The number of alkyl carbamates (subject to hydrolysis) is 1. The van der Waals surface area contributed by atoms with E-state index in [0.29, 0.717) is 6.54 Å². The second-order valence-electron chi connectivity index (χ2n) is 6.24. The Balaban J connectivity index is -0.000000310. The van der Waals surface area contributed by atoms with Gasteiger partial charge in [0.25, 0.3) is 0 Å². The van der Waals surface area contributed by atoms with E-state index in [2.05, 4.69) is 43.2 Å². The van der Waals surface area contributed by atoms with Crippen molar-refractivity contribution < 1.29 is 9.53 Å². The van der Waals surface area contributed by atoms with Crippen LogP contribution in [0.3, 0.4) is 0 Å². The van der Waals surface area contributed by atoms with Crippen LogP contribution in [0.1, 0.15) is 87.1 Å². The molecule has 0 saturated carbocycles. The number of ether oxygens (including phenoxy) is 1. The minimum Gasteiger partial charge on any atom is -0.444 e. The van der Waals surface area contributed by atoms with Crippen LogP contribution in [0.25, 0.3) is 0 Å². The Labute approximate surface area is 156 Å². The quantitative estimate of drug-likeness (QED) is 0.680. The second-order valence-corrected chi connectivity index (χ2v) is 6.24. The van der Waals surface area contributed by atoms with Gasteiger partial charge in [-0.15, -0.1) is 0 Å². The molecule has 4 heteroatoms. The van der Waals surface area contributed by atoms with Crippen molar-refractivity contribution in [1.29, 1.82) is 0 Å². The van der Waals surface area contributed by atoms with Gasteiger partial charge in [0.05, 0.1) is 0 Å². The fraction of sp³-hybridized carbons (Fsp3) is 0.714. The van der Waals surface area contributed by atoms with Crippen molar-refractivity contribution >= 4 is 6.09 Å². The van der Waals surface area contributed by atoms with Crippen molar-refractivity contribution in [2.75, 3.05) is 6.54 Å². The van der Waals surface area contributed by atoms with Crippen LogP contribution in [-0.4, -0.2) is 23.2 Å². The van der Waals surface area contributed by atoms with Crippen molar-refractivity contribution in [3.63, 3.8) is 0 Å². The number of aromatic nitrogens is 1. The first-order chi connectivity index (χ1) is 11.8. The lowest BCUT2D eigenvalue weighted by Crippen LogP contribution is -2.32. The molecule has 0 fully saturated rings. The molecule has 1 amide bonds. The van der Waals surface area contributed by atoms with Crippen molar-refractivity contribution in [2.45, 2.75) is 93.6 Å². The van der Waals surface area contributed by atoms with Gasteiger partial charge in [-0.05, 0) is 51.3 Å². The van der Waals surface area contributed by atoms with E-state index in [-0.39, 0.29) is 6.09 Å². The molecule has 4 nitrogen and oxygen atoms in total. The number of hydrogen-bond donors (Lipinski definition) is 1. The van der Waals surface area contributed by atoms with E-state index in [1.165, 1.54) is 24.8 Å². The molecule has 0 aliphatic heterocycles. The smallest absolute Gasteiger partial charge is 0.407 e. The van der Waals surface area contributed by atoms with Crippen molar-refractivity contribution in [1.82, 2.24) is 10.3 Å². The van der Waals surface area contributed by atoms with Crippen LogP contribution in [0.5, 0.6) is 0 Å². The molecule has 1 N–H and O–H groups in total. The van der Waals surface area contributed by atoms with E-state index in [1.54, 1.807) is 0 Å². The molecule has 0 saturated heterocycles. The number of rotatable bonds is 4. The fourth-order valence-corrected chi connectivity index (χ4v) is 1.38. The van der Waals surface area contributed by atoms with Crippen LogP contribution in [0.4, 0.5) is 4.79 Å². The molecule has 148 valence electrons. The summed E-state index contributed by atoms with van der Waals surface area (Å²) >= 11 is 0. The number of amides is 1. The van der Waals surface area contributed by atoms with Gasteiger partial charge in [0.2, 0.25) is 0 Å². The van der Waals surface area contributed by atoms with Crippen LogP contribution in [-0.2, 0) is 11.2 Å². The lowest BCUT2D eigenvalue weighted by molar-refractivity contribution is 0.0528. The van der Waals surface area contributed by atoms with Gasteiger partial charge in [-0.1, -0.05) is 54.4 Å². The maximum Gasteiger partial charge on any atom is 0.407 e. The van der Waals surface area contributed by atoms with Gasteiger partial charge < -0.3 is 10.1 Å². The van der Waals surface area contributed by atoms with Gasteiger partial charge in [-0.25, -0.2) is 4.79 Å². The number of carbonyl (C=O) groups excluding carboxylic acids is 1. The van der Waals surface area contributed by atoms with Gasteiger partial charge in [-0.3, -0.25) is 4.98 Å². The molecule has 1 rings (SSSR count). The Bertz CT molecular complexity index is 373.